The van der Waals surface area contributed by atoms with Crippen LogP contribution in [0.25, 0.3) is 0 Å². The van der Waals surface area contributed by atoms with Gasteiger partial charge in [0, 0.05) is 0 Å². The third-order valence-corrected chi connectivity index (χ3v) is 2.49. The van der Waals surface area contributed by atoms with Crippen LogP contribution in [-0.2, 0) is 4.74 Å². The fourth-order valence-electron chi connectivity index (χ4n) is 1.60. The zero-order valence-electron chi connectivity index (χ0n) is 8.56. The highest BCUT2D eigenvalue weighted by molar-refractivity contribution is 5.21. The molecule has 2 rings (SSSR count). The first kappa shape index (κ1) is 11.3. The van der Waals surface area contributed by atoms with Crippen LogP contribution in [0.3, 0.4) is 0 Å². The highest BCUT2D eigenvalue weighted by Gasteiger charge is 2.43. The van der Waals surface area contributed by atoms with Gasteiger partial charge in [-0.15, -0.1) is 0 Å². The zero-order valence-corrected chi connectivity index (χ0v) is 8.56. The van der Waals surface area contributed by atoms with E-state index in [9.17, 15) is 10.2 Å². The molecule has 0 saturated carbocycles. The van der Waals surface area contributed by atoms with Crippen LogP contribution in [-0.4, -0.2) is 46.5 Å². The fourth-order valence-corrected chi connectivity index (χ4v) is 1.60. The van der Waals surface area contributed by atoms with Crippen molar-refractivity contribution in [3.05, 3.63) is 30.3 Å². The van der Waals surface area contributed by atoms with E-state index in [1.54, 1.807) is 24.3 Å². The van der Waals surface area contributed by atoms with Crippen LogP contribution >= 0.6 is 0 Å². The standard InChI is InChI=1S/C11H14O5/c12-6-8-9(13)10(14)11(16-8)15-7-4-2-1-3-5-7/h1-5,8-14H,6H2/t8-,9+,10-,11-/m1/s1. The largest absolute Gasteiger partial charge is 0.462 e. The number of rotatable bonds is 3. The summed E-state index contributed by atoms with van der Waals surface area (Å²) in [5, 5.41) is 28.0. The Labute approximate surface area is 92.9 Å². The van der Waals surface area contributed by atoms with Crippen LogP contribution in [0.5, 0.6) is 5.75 Å². The van der Waals surface area contributed by atoms with Gasteiger partial charge in [0.2, 0.25) is 6.29 Å². The SMILES string of the molecule is OC[C@H]1O[C@@H](Oc2ccccc2)[C@H](O)[C@H]1O. The van der Waals surface area contributed by atoms with E-state index in [1.807, 2.05) is 6.07 Å². The third-order valence-electron chi connectivity index (χ3n) is 2.49. The van der Waals surface area contributed by atoms with Crippen molar-refractivity contribution >= 4 is 0 Å². The van der Waals surface area contributed by atoms with E-state index in [4.69, 9.17) is 14.6 Å². The highest BCUT2D eigenvalue weighted by Crippen LogP contribution is 2.24. The van der Waals surface area contributed by atoms with E-state index in [0.29, 0.717) is 5.75 Å². The molecule has 1 heterocycles. The van der Waals surface area contributed by atoms with Crippen molar-refractivity contribution in [2.45, 2.75) is 24.6 Å². The number of aliphatic hydroxyl groups is 3. The first-order valence-corrected chi connectivity index (χ1v) is 5.06. The summed E-state index contributed by atoms with van der Waals surface area (Å²) in [6, 6.07) is 8.85. The van der Waals surface area contributed by atoms with Crippen molar-refractivity contribution in [2.75, 3.05) is 6.61 Å². The number of ether oxygens (including phenoxy) is 2. The molecule has 88 valence electrons. The lowest BCUT2D eigenvalue weighted by Gasteiger charge is -2.16. The predicted octanol–water partition coefficient (Wildman–Crippen LogP) is -0.496. The molecule has 5 heteroatoms. The van der Waals surface area contributed by atoms with Crippen molar-refractivity contribution < 1.29 is 24.8 Å². The maximum atomic E-state index is 9.61. The quantitative estimate of drug-likeness (QED) is 0.648. The first-order valence-electron chi connectivity index (χ1n) is 5.06. The minimum atomic E-state index is -1.16. The topological polar surface area (TPSA) is 79.2 Å². The molecule has 0 aliphatic carbocycles. The molecule has 3 N–H and O–H groups in total. The van der Waals surface area contributed by atoms with Crippen LogP contribution in [0.15, 0.2) is 30.3 Å². The molecule has 0 amide bonds. The van der Waals surface area contributed by atoms with Gasteiger partial charge in [0.25, 0.3) is 0 Å². The maximum Gasteiger partial charge on any atom is 0.229 e. The lowest BCUT2D eigenvalue weighted by atomic mass is 10.1. The maximum absolute atomic E-state index is 9.61. The van der Waals surface area contributed by atoms with Crippen molar-refractivity contribution in [1.82, 2.24) is 0 Å². The number of hydrogen-bond acceptors (Lipinski definition) is 5. The predicted molar refractivity (Wildman–Crippen MR) is 54.8 cm³/mol. The summed E-state index contributed by atoms with van der Waals surface area (Å²) in [6.07, 6.45) is -4.03. The average Bonchev–Trinajstić information content (AvgIpc) is 2.58. The minimum absolute atomic E-state index is 0.354. The summed E-state index contributed by atoms with van der Waals surface area (Å²) in [6.45, 7) is -0.354. The Morgan fingerprint density at radius 2 is 1.81 bits per heavy atom. The van der Waals surface area contributed by atoms with E-state index in [2.05, 4.69) is 0 Å². The molecule has 0 radical (unpaired) electrons. The molecule has 1 aliphatic rings. The Morgan fingerprint density at radius 1 is 1.12 bits per heavy atom. The van der Waals surface area contributed by atoms with E-state index in [-0.39, 0.29) is 6.61 Å². The molecule has 1 saturated heterocycles. The fraction of sp³-hybridized carbons (Fsp3) is 0.455. The van der Waals surface area contributed by atoms with Crippen molar-refractivity contribution in [3.63, 3.8) is 0 Å². The molecule has 4 atom stereocenters. The zero-order chi connectivity index (χ0) is 11.5. The van der Waals surface area contributed by atoms with Gasteiger partial charge in [-0.2, -0.15) is 0 Å². The van der Waals surface area contributed by atoms with Crippen LogP contribution in [0, 0.1) is 0 Å². The highest BCUT2D eigenvalue weighted by atomic mass is 16.7. The first-order chi connectivity index (χ1) is 7.72. The molecule has 5 nitrogen and oxygen atoms in total. The number of aliphatic hydroxyl groups excluding tert-OH is 3. The van der Waals surface area contributed by atoms with E-state index in [0.717, 1.165) is 0 Å². The van der Waals surface area contributed by atoms with Gasteiger partial charge in [-0.3, -0.25) is 0 Å². The minimum Gasteiger partial charge on any atom is -0.462 e. The molecule has 0 bridgehead atoms. The summed E-state index contributed by atoms with van der Waals surface area (Å²) >= 11 is 0. The van der Waals surface area contributed by atoms with Gasteiger partial charge in [0.1, 0.15) is 24.1 Å². The molecule has 0 unspecified atom stereocenters. The van der Waals surface area contributed by atoms with Crippen LogP contribution in [0.2, 0.25) is 0 Å². The second-order valence-electron chi connectivity index (χ2n) is 3.64. The number of benzene rings is 1. The molecular formula is C11H14O5. The van der Waals surface area contributed by atoms with Gasteiger partial charge in [-0.05, 0) is 12.1 Å². The van der Waals surface area contributed by atoms with E-state index < -0.39 is 24.6 Å². The molecule has 1 aromatic carbocycles. The summed E-state index contributed by atoms with van der Waals surface area (Å²) in [7, 11) is 0. The summed E-state index contributed by atoms with van der Waals surface area (Å²) in [4.78, 5) is 0. The monoisotopic (exact) mass is 226 g/mol. The van der Waals surface area contributed by atoms with E-state index >= 15 is 0 Å². The van der Waals surface area contributed by atoms with Crippen molar-refractivity contribution in [3.8, 4) is 5.75 Å². The number of hydrogen-bond donors (Lipinski definition) is 3. The molecule has 0 spiro atoms. The Hall–Kier alpha value is -1.14. The molecule has 1 aromatic rings. The second kappa shape index (κ2) is 4.80. The molecule has 1 aliphatic heterocycles. The molecular weight excluding hydrogens is 212 g/mol. The van der Waals surface area contributed by atoms with Gasteiger partial charge in [0.05, 0.1) is 6.61 Å². The Balaban J connectivity index is 2.01. The van der Waals surface area contributed by atoms with Gasteiger partial charge in [0.15, 0.2) is 0 Å². The lowest BCUT2D eigenvalue weighted by Crippen LogP contribution is -2.35. The van der Waals surface area contributed by atoms with Crippen LogP contribution < -0.4 is 4.74 Å². The molecule has 0 aromatic heterocycles. The van der Waals surface area contributed by atoms with Crippen molar-refractivity contribution in [2.24, 2.45) is 0 Å². The van der Waals surface area contributed by atoms with Crippen LogP contribution in [0.4, 0.5) is 0 Å². The van der Waals surface area contributed by atoms with E-state index in [1.165, 1.54) is 0 Å². The smallest absolute Gasteiger partial charge is 0.229 e. The van der Waals surface area contributed by atoms with Gasteiger partial charge >= 0.3 is 0 Å². The molecule has 16 heavy (non-hydrogen) atoms. The Bertz CT molecular complexity index is 328. The number of para-hydroxylation sites is 1. The van der Waals surface area contributed by atoms with Gasteiger partial charge in [-0.25, -0.2) is 0 Å². The lowest BCUT2D eigenvalue weighted by molar-refractivity contribution is -0.116. The third kappa shape index (κ3) is 2.17. The second-order valence-corrected chi connectivity index (χ2v) is 3.64. The summed E-state index contributed by atoms with van der Waals surface area (Å²) in [5.74, 6) is 0.539. The summed E-state index contributed by atoms with van der Waals surface area (Å²) < 4.78 is 10.5. The van der Waals surface area contributed by atoms with Gasteiger partial charge in [-0.1, -0.05) is 18.2 Å². The average molecular weight is 226 g/mol. The Morgan fingerprint density at radius 3 is 2.38 bits per heavy atom. The normalized spacial score (nSPS) is 33.9. The van der Waals surface area contributed by atoms with Crippen LogP contribution in [0.1, 0.15) is 0 Å². The Kier molecular flexibility index (Phi) is 3.40. The van der Waals surface area contributed by atoms with Gasteiger partial charge < -0.3 is 24.8 Å². The van der Waals surface area contributed by atoms with Crippen molar-refractivity contribution in [1.29, 1.82) is 0 Å². The summed E-state index contributed by atoms with van der Waals surface area (Å²) in [5.41, 5.74) is 0. The molecule has 1 fully saturated rings.